The number of ether oxygens (including phenoxy) is 2. The molecule has 128 valence electrons. The van der Waals surface area contributed by atoms with Gasteiger partial charge in [0.05, 0.1) is 17.5 Å². The smallest absolute Gasteiger partial charge is 0.341 e. The van der Waals surface area contributed by atoms with E-state index < -0.39 is 22.9 Å². The quantitative estimate of drug-likeness (QED) is 0.656. The predicted molar refractivity (Wildman–Crippen MR) is 88.3 cm³/mol. The van der Waals surface area contributed by atoms with Crippen molar-refractivity contribution in [1.29, 1.82) is 0 Å². The number of aromatic carboxylic acids is 1. The topological polar surface area (TPSA) is 94.8 Å². The minimum atomic E-state index is -1.36. The zero-order valence-corrected chi connectivity index (χ0v) is 14.1. The van der Waals surface area contributed by atoms with Crippen molar-refractivity contribution < 1.29 is 24.2 Å². The molecular weight excluding hydrogens is 338 g/mol. The fourth-order valence-corrected chi connectivity index (χ4v) is 2.69. The van der Waals surface area contributed by atoms with E-state index in [-0.39, 0.29) is 21.9 Å². The van der Waals surface area contributed by atoms with Crippen LogP contribution in [0.5, 0.6) is 11.5 Å². The van der Waals surface area contributed by atoms with Crippen molar-refractivity contribution in [2.45, 2.75) is 27.3 Å². The van der Waals surface area contributed by atoms with Gasteiger partial charge in [-0.25, -0.2) is 4.79 Å². The maximum atomic E-state index is 12.5. The highest BCUT2D eigenvalue weighted by atomic mass is 35.5. The standard InChI is InChI=1S/C16H16ClNO6/c1-4-18-7-9(16(21)22)14(20)12-10(18)6-11(23-5-2)15(13(12)17)24-8(3)19/h6-7H,4-5H2,1-3H3,(H,21,22). The van der Waals surface area contributed by atoms with Gasteiger partial charge >= 0.3 is 11.9 Å². The van der Waals surface area contributed by atoms with Crippen LogP contribution in [0.25, 0.3) is 10.9 Å². The van der Waals surface area contributed by atoms with Gasteiger partial charge in [0.1, 0.15) is 10.6 Å². The molecule has 0 radical (unpaired) electrons. The van der Waals surface area contributed by atoms with Crippen molar-refractivity contribution in [2.24, 2.45) is 0 Å². The van der Waals surface area contributed by atoms with Crippen molar-refractivity contribution in [2.75, 3.05) is 6.61 Å². The summed E-state index contributed by atoms with van der Waals surface area (Å²) < 4.78 is 12.1. The average molecular weight is 354 g/mol. The molecule has 0 aliphatic heterocycles. The lowest BCUT2D eigenvalue weighted by atomic mass is 10.1. The molecule has 7 nitrogen and oxygen atoms in total. The van der Waals surface area contributed by atoms with Crippen LogP contribution < -0.4 is 14.9 Å². The number of rotatable bonds is 5. The molecule has 0 fully saturated rings. The number of carboxylic acids is 1. The van der Waals surface area contributed by atoms with E-state index in [4.69, 9.17) is 21.1 Å². The number of carboxylic acid groups (broad SMARTS) is 1. The summed E-state index contributed by atoms with van der Waals surface area (Å²) in [6, 6.07) is 1.51. The fraction of sp³-hybridized carbons (Fsp3) is 0.312. The van der Waals surface area contributed by atoms with Crippen molar-refractivity contribution in [3.05, 3.63) is 33.1 Å². The summed E-state index contributed by atoms with van der Waals surface area (Å²) in [5.74, 6) is -1.89. The number of pyridine rings is 1. The van der Waals surface area contributed by atoms with Crippen LogP contribution in [0.15, 0.2) is 17.1 Å². The molecule has 1 aromatic carbocycles. The Kier molecular flexibility index (Phi) is 5.14. The van der Waals surface area contributed by atoms with E-state index in [1.54, 1.807) is 18.4 Å². The van der Waals surface area contributed by atoms with E-state index in [0.29, 0.717) is 18.7 Å². The largest absolute Gasteiger partial charge is 0.490 e. The van der Waals surface area contributed by atoms with Crippen molar-refractivity contribution in [3.63, 3.8) is 0 Å². The molecule has 0 aliphatic rings. The average Bonchev–Trinajstić information content (AvgIpc) is 2.50. The third-order valence-electron chi connectivity index (χ3n) is 3.35. The third kappa shape index (κ3) is 3.07. The Balaban J connectivity index is 2.98. The first-order valence-corrected chi connectivity index (χ1v) is 7.63. The summed E-state index contributed by atoms with van der Waals surface area (Å²) >= 11 is 6.27. The monoisotopic (exact) mass is 353 g/mol. The number of benzene rings is 1. The van der Waals surface area contributed by atoms with Crippen LogP contribution in [0, 0.1) is 0 Å². The van der Waals surface area contributed by atoms with Gasteiger partial charge in [0, 0.05) is 25.7 Å². The van der Waals surface area contributed by atoms with Crippen LogP contribution in [-0.4, -0.2) is 28.2 Å². The van der Waals surface area contributed by atoms with Crippen molar-refractivity contribution in [1.82, 2.24) is 4.57 Å². The van der Waals surface area contributed by atoms with Crippen LogP contribution in [0.1, 0.15) is 31.1 Å². The van der Waals surface area contributed by atoms with E-state index in [9.17, 15) is 19.5 Å². The molecule has 0 spiro atoms. The van der Waals surface area contributed by atoms with Gasteiger partial charge in [-0.1, -0.05) is 11.6 Å². The molecule has 2 rings (SSSR count). The number of hydrogen-bond donors (Lipinski definition) is 1. The summed E-state index contributed by atoms with van der Waals surface area (Å²) in [5.41, 5.74) is -0.760. The SMILES string of the molecule is CCOc1cc2c(c(Cl)c1OC(C)=O)c(=O)c(C(=O)O)cn2CC. The second-order valence-electron chi connectivity index (χ2n) is 4.90. The fourth-order valence-electron chi connectivity index (χ4n) is 2.37. The number of carbonyl (C=O) groups excluding carboxylic acids is 1. The van der Waals surface area contributed by atoms with Gasteiger partial charge in [0.2, 0.25) is 5.43 Å². The summed E-state index contributed by atoms with van der Waals surface area (Å²) in [6.07, 6.45) is 1.25. The van der Waals surface area contributed by atoms with E-state index in [0.717, 1.165) is 0 Å². The summed E-state index contributed by atoms with van der Waals surface area (Å²) in [5, 5.41) is 9.04. The van der Waals surface area contributed by atoms with Gasteiger partial charge < -0.3 is 19.1 Å². The minimum absolute atomic E-state index is 0.0295. The van der Waals surface area contributed by atoms with Crippen LogP contribution >= 0.6 is 11.6 Å². The maximum Gasteiger partial charge on any atom is 0.341 e. The second-order valence-corrected chi connectivity index (χ2v) is 5.28. The lowest BCUT2D eigenvalue weighted by molar-refractivity contribution is -0.132. The molecule has 0 unspecified atom stereocenters. The highest BCUT2D eigenvalue weighted by molar-refractivity contribution is 6.37. The first-order chi connectivity index (χ1) is 11.3. The first-order valence-electron chi connectivity index (χ1n) is 7.25. The zero-order valence-electron chi connectivity index (χ0n) is 13.4. The van der Waals surface area contributed by atoms with Crippen LogP contribution in [0.3, 0.4) is 0 Å². The van der Waals surface area contributed by atoms with Crippen LogP contribution in [0.2, 0.25) is 5.02 Å². The van der Waals surface area contributed by atoms with E-state index in [1.165, 1.54) is 19.2 Å². The number of halogens is 1. The Labute approximate surface area is 142 Å². The number of esters is 1. The molecule has 1 heterocycles. The summed E-state index contributed by atoms with van der Waals surface area (Å²) in [4.78, 5) is 35.1. The van der Waals surface area contributed by atoms with Gasteiger partial charge in [0.25, 0.3) is 0 Å². The number of aromatic nitrogens is 1. The highest BCUT2D eigenvalue weighted by Gasteiger charge is 2.23. The lowest BCUT2D eigenvalue weighted by Gasteiger charge is -2.16. The molecule has 0 bridgehead atoms. The molecular formula is C16H16ClNO6. The molecule has 1 N–H and O–H groups in total. The molecule has 0 amide bonds. The minimum Gasteiger partial charge on any atom is -0.490 e. The number of aryl methyl sites for hydroxylation is 1. The lowest BCUT2D eigenvalue weighted by Crippen LogP contribution is -2.19. The Morgan fingerprint density at radius 1 is 1.33 bits per heavy atom. The van der Waals surface area contributed by atoms with Gasteiger partial charge in [-0.2, -0.15) is 0 Å². The second kappa shape index (κ2) is 6.92. The number of fused-ring (bicyclic) bond motifs is 1. The summed E-state index contributed by atoms with van der Waals surface area (Å²) in [6.45, 7) is 5.43. The first kappa shape index (κ1) is 17.8. The normalized spacial score (nSPS) is 10.7. The van der Waals surface area contributed by atoms with Crippen molar-refractivity contribution in [3.8, 4) is 11.5 Å². The molecule has 8 heteroatoms. The zero-order chi connectivity index (χ0) is 18.0. The highest BCUT2D eigenvalue weighted by Crippen LogP contribution is 2.40. The van der Waals surface area contributed by atoms with Gasteiger partial charge in [0.15, 0.2) is 11.5 Å². The molecule has 0 atom stereocenters. The van der Waals surface area contributed by atoms with Gasteiger partial charge in [-0.15, -0.1) is 0 Å². The molecule has 1 aromatic heterocycles. The Morgan fingerprint density at radius 2 is 2.00 bits per heavy atom. The molecule has 24 heavy (non-hydrogen) atoms. The predicted octanol–water partition coefficient (Wildman–Crippen LogP) is 2.70. The van der Waals surface area contributed by atoms with Crippen LogP contribution in [-0.2, 0) is 11.3 Å². The number of carbonyl (C=O) groups is 2. The van der Waals surface area contributed by atoms with Gasteiger partial charge in [-0.05, 0) is 13.8 Å². The van der Waals surface area contributed by atoms with E-state index in [1.807, 2.05) is 0 Å². The molecule has 0 saturated carbocycles. The Bertz CT molecular complexity index is 886. The number of hydrogen-bond acceptors (Lipinski definition) is 5. The maximum absolute atomic E-state index is 12.5. The number of nitrogens with zero attached hydrogens (tertiary/aromatic N) is 1. The van der Waals surface area contributed by atoms with E-state index >= 15 is 0 Å². The molecule has 0 aliphatic carbocycles. The summed E-state index contributed by atoms with van der Waals surface area (Å²) in [7, 11) is 0. The molecule has 2 aromatic rings. The van der Waals surface area contributed by atoms with Gasteiger partial charge in [-0.3, -0.25) is 9.59 Å². The third-order valence-corrected chi connectivity index (χ3v) is 3.71. The molecule has 0 saturated heterocycles. The van der Waals surface area contributed by atoms with Crippen molar-refractivity contribution >= 4 is 34.4 Å². The van der Waals surface area contributed by atoms with E-state index in [2.05, 4.69) is 0 Å². The van der Waals surface area contributed by atoms with Crippen LogP contribution in [0.4, 0.5) is 0 Å². The Hall–Kier alpha value is -2.54. The Morgan fingerprint density at radius 3 is 2.50 bits per heavy atom.